The van der Waals surface area contributed by atoms with Crippen molar-refractivity contribution in [2.24, 2.45) is 5.73 Å². The number of benzene rings is 1. The predicted molar refractivity (Wildman–Crippen MR) is 54.7 cm³/mol. The molecular formula is C8H9Br2N. The number of alkyl halides is 1. The maximum absolute atomic E-state index is 5.68. The topological polar surface area (TPSA) is 26.0 Å². The van der Waals surface area contributed by atoms with E-state index in [2.05, 4.69) is 31.9 Å². The maximum atomic E-state index is 5.68. The van der Waals surface area contributed by atoms with Crippen LogP contribution in [0.1, 0.15) is 16.1 Å². The average Bonchev–Trinajstić information content (AvgIpc) is 1.94. The Balaban J connectivity index is 3.13. The molecule has 2 N–H and O–H groups in total. The summed E-state index contributed by atoms with van der Waals surface area (Å²) in [5, 5.41) is 0. The molecule has 60 valence electrons. The van der Waals surface area contributed by atoms with E-state index in [4.69, 9.17) is 5.73 Å². The fourth-order valence-corrected chi connectivity index (χ4v) is 1.78. The van der Waals surface area contributed by atoms with Gasteiger partial charge in [-0.15, -0.1) is 0 Å². The Morgan fingerprint density at radius 2 is 2.09 bits per heavy atom. The third-order valence-electron chi connectivity index (χ3n) is 1.54. The molecule has 1 aromatic rings. The quantitative estimate of drug-likeness (QED) is 0.620. The third-order valence-corrected chi connectivity index (χ3v) is 2.52. The van der Waals surface area contributed by atoms with Crippen LogP contribution >= 0.6 is 31.9 Å². The molecule has 1 rings (SSSR count). The zero-order valence-electron chi connectivity index (χ0n) is 6.14. The average molecular weight is 279 g/mol. The number of halogens is 2. The highest BCUT2D eigenvalue weighted by molar-refractivity contribution is 9.10. The molecule has 3 heteroatoms. The number of rotatable bonds is 1. The molecule has 1 atom stereocenters. The van der Waals surface area contributed by atoms with Gasteiger partial charge in [0.15, 0.2) is 0 Å². The number of hydrogen-bond acceptors (Lipinski definition) is 1. The summed E-state index contributed by atoms with van der Waals surface area (Å²) in [4.78, 5) is -0.0694. The van der Waals surface area contributed by atoms with Crippen LogP contribution in [0.2, 0.25) is 0 Å². The second-order valence-corrected chi connectivity index (χ2v) is 4.30. The molecule has 0 saturated heterocycles. The van der Waals surface area contributed by atoms with Gasteiger partial charge in [0.1, 0.15) is 0 Å². The summed E-state index contributed by atoms with van der Waals surface area (Å²) in [6.45, 7) is 2.04. The molecule has 0 bridgehead atoms. The van der Waals surface area contributed by atoms with Crippen molar-refractivity contribution in [3.05, 3.63) is 33.8 Å². The predicted octanol–water partition coefficient (Wildman–Crippen LogP) is 3.11. The molecule has 0 fully saturated rings. The van der Waals surface area contributed by atoms with Crippen molar-refractivity contribution in [2.45, 2.75) is 11.9 Å². The smallest absolute Gasteiger partial charge is 0.0864 e. The van der Waals surface area contributed by atoms with Gasteiger partial charge in [0.25, 0.3) is 0 Å². The molecule has 0 saturated carbocycles. The lowest BCUT2D eigenvalue weighted by molar-refractivity contribution is 1.03. The van der Waals surface area contributed by atoms with Crippen molar-refractivity contribution < 1.29 is 0 Å². The monoisotopic (exact) mass is 277 g/mol. The lowest BCUT2D eigenvalue weighted by Crippen LogP contribution is -2.03. The van der Waals surface area contributed by atoms with Gasteiger partial charge < -0.3 is 5.73 Å². The van der Waals surface area contributed by atoms with Crippen LogP contribution in [-0.2, 0) is 0 Å². The van der Waals surface area contributed by atoms with Gasteiger partial charge in [-0.05, 0) is 30.2 Å². The molecule has 0 radical (unpaired) electrons. The third kappa shape index (κ3) is 2.29. The summed E-state index contributed by atoms with van der Waals surface area (Å²) in [7, 11) is 0. The van der Waals surface area contributed by atoms with E-state index in [-0.39, 0.29) is 4.95 Å². The Kier molecular flexibility index (Phi) is 3.10. The summed E-state index contributed by atoms with van der Waals surface area (Å²) >= 11 is 6.71. The molecule has 0 aromatic heterocycles. The van der Waals surface area contributed by atoms with Crippen molar-refractivity contribution in [3.8, 4) is 0 Å². The van der Waals surface area contributed by atoms with Crippen molar-refractivity contribution in [3.63, 3.8) is 0 Å². The first-order valence-corrected chi connectivity index (χ1v) is 4.98. The maximum Gasteiger partial charge on any atom is 0.0864 e. The standard InChI is InChI=1S/C8H9Br2N/c1-5-2-3-6(9)4-7(5)8(10)11/h2-4,8H,11H2,1H3. The Labute approximate surface area is 83.2 Å². The van der Waals surface area contributed by atoms with E-state index in [1.54, 1.807) is 0 Å². The molecule has 11 heavy (non-hydrogen) atoms. The van der Waals surface area contributed by atoms with Crippen LogP contribution in [0.3, 0.4) is 0 Å². The molecule has 0 aliphatic carbocycles. The highest BCUT2D eigenvalue weighted by Gasteiger charge is 2.04. The summed E-state index contributed by atoms with van der Waals surface area (Å²) < 4.78 is 1.06. The largest absolute Gasteiger partial charge is 0.315 e. The van der Waals surface area contributed by atoms with E-state index in [9.17, 15) is 0 Å². The van der Waals surface area contributed by atoms with Crippen molar-refractivity contribution >= 4 is 31.9 Å². The summed E-state index contributed by atoms with van der Waals surface area (Å²) in [5.74, 6) is 0. The summed E-state index contributed by atoms with van der Waals surface area (Å²) in [6, 6.07) is 6.07. The van der Waals surface area contributed by atoms with Crippen LogP contribution in [0.15, 0.2) is 22.7 Å². The van der Waals surface area contributed by atoms with E-state index in [0.717, 1.165) is 10.0 Å². The molecule has 0 aliphatic rings. The molecule has 1 nitrogen and oxygen atoms in total. The Hall–Kier alpha value is 0.140. The van der Waals surface area contributed by atoms with Crippen LogP contribution in [0.25, 0.3) is 0 Å². The van der Waals surface area contributed by atoms with E-state index in [1.807, 2.05) is 25.1 Å². The molecular weight excluding hydrogens is 270 g/mol. The van der Waals surface area contributed by atoms with Crippen LogP contribution in [0.5, 0.6) is 0 Å². The van der Waals surface area contributed by atoms with E-state index in [0.29, 0.717) is 0 Å². The molecule has 0 heterocycles. The SMILES string of the molecule is Cc1ccc(Br)cc1C(N)Br. The van der Waals surface area contributed by atoms with E-state index < -0.39 is 0 Å². The number of aryl methyl sites for hydroxylation is 1. The van der Waals surface area contributed by atoms with Gasteiger partial charge in [0.05, 0.1) is 4.95 Å². The van der Waals surface area contributed by atoms with Gasteiger partial charge in [0.2, 0.25) is 0 Å². The lowest BCUT2D eigenvalue weighted by atomic mass is 10.1. The fourth-order valence-electron chi connectivity index (χ4n) is 0.908. The molecule has 0 spiro atoms. The van der Waals surface area contributed by atoms with Crippen molar-refractivity contribution in [2.75, 3.05) is 0 Å². The van der Waals surface area contributed by atoms with Crippen LogP contribution in [0.4, 0.5) is 0 Å². The highest BCUT2D eigenvalue weighted by Crippen LogP contribution is 2.23. The van der Waals surface area contributed by atoms with Crippen molar-refractivity contribution in [1.29, 1.82) is 0 Å². The Morgan fingerprint density at radius 1 is 1.45 bits per heavy atom. The fraction of sp³-hybridized carbons (Fsp3) is 0.250. The number of hydrogen-bond donors (Lipinski definition) is 1. The summed E-state index contributed by atoms with van der Waals surface area (Å²) in [5.41, 5.74) is 8.01. The first-order valence-electron chi connectivity index (χ1n) is 3.27. The van der Waals surface area contributed by atoms with Gasteiger partial charge >= 0.3 is 0 Å². The highest BCUT2D eigenvalue weighted by atomic mass is 79.9. The van der Waals surface area contributed by atoms with Gasteiger partial charge in [0, 0.05) is 4.47 Å². The van der Waals surface area contributed by atoms with Crippen LogP contribution < -0.4 is 5.73 Å². The minimum absolute atomic E-state index is 0.0694. The summed E-state index contributed by atoms with van der Waals surface area (Å²) in [6.07, 6.45) is 0. The minimum Gasteiger partial charge on any atom is -0.315 e. The normalized spacial score (nSPS) is 13.1. The molecule has 1 aromatic carbocycles. The second-order valence-electron chi connectivity index (χ2n) is 2.40. The van der Waals surface area contributed by atoms with Gasteiger partial charge in [-0.25, -0.2) is 0 Å². The van der Waals surface area contributed by atoms with Crippen molar-refractivity contribution in [1.82, 2.24) is 0 Å². The lowest BCUT2D eigenvalue weighted by Gasteiger charge is -2.07. The number of nitrogens with two attached hydrogens (primary N) is 1. The second kappa shape index (κ2) is 3.70. The zero-order chi connectivity index (χ0) is 8.43. The van der Waals surface area contributed by atoms with Gasteiger partial charge in [-0.2, -0.15) is 0 Å². The Morgan fingerprint density at radius 3 is 2.55 bits per heavy atom. The first kappa shape index (κ1) is 9.23. The molecule has 1 unspecified atom stereocenters. The minimum atomic E-state index is -0.0694. The van der Waals surface area contributed by atoms with Gasteiger partial charge in [-0.1, -0.05) is 37.9 Å². The first-order chi connectivity index (χ1) is 5.11. The van der Waals surface area contributed by atoms with Crippen LogP contribution in [-0.4, -0.2) is 0 Å². The molecule has 0 aliphatic heterocycles. The van der Waals surface area contributed by atoms with Gasteiger partial charge in [-0.3, -0.25) is 0 Å². The van der Waals surface area contributed by atoms with Crippen LogP contribution in [0, 0.1) is 6.92 Å². The van der Waals surface area contributed by atoms with E-state index >= 15 is 0 Å². The Bertz CT molecular complexity index is 258. The van der Waals surface area contributed by atoms with E-state index in [1.165, 1.54) is 5.56 Å². The zero-order valence-corrected chi connectivity index (χ0v) is 9.31. The molecule has 0 amide bonds.